The molecule has 29 heavy (non-hydrogen) atoms. The van der Waals surface area contributed by atoms with Crippen LogP contribution in [-0.2, 0) is 10.5 Å². The predicted molar refractivity (Wildman–Crippen MR) is 112 cm³/mol. The minimum atomic E-state index is -0.255. The molecular formula is C20H20FN3O3S2. The molecule has 1 N–H and O–H groups in total. The molecule has 0 atom stereocenters. The van der Waals surface area contributed by atoms with Gasteiger partial charge in [0.25, 0.3) is 0 Å². The average Bonchev–Trinajstić information content (AvgIpc) is 3.18. The van der Waals surface area contributed by atoms with Gasteiger partial charge in [-0.05, 0) is 48.4 Å². The molecule has 9 heteroatoms. The van der Waals surface area contributed by atoms with E-state index in [1.54, 1.807) is 19.2 Å². The third-order valence-electron chi connectivity index (χ3n) is 3.80. The number of amides is 1. The molecule has 6 nitrogen and oxygen atoms in total. The fourth-order valence-electron chi connectivity index (χ4n) is 2.32. The minimum Gasteiger partial charge on any atom is -0.497 e. The van der Waals surface area contributed by atoms with E-state index in [-0.39, 0.29) is 11.7 Å². The number of nitrogens with zero attached hydrogens (tertiary/aromatic N) is 2. The van der Waals surface area contributed by atoms with Gasteiger partial charge in [-0.25, -0.2) is 4.39 Å². The standard InChI is InChI=1S/C20H20FN3O3S2/c1-26-16-8-10-17(11-9-16)27-12-2-3-18(25)22-19-23-24-20(29-19)28-13-14-4-6-15(21)7-5-14/h4-11H,2-3,12-13H2,1H3,(H,22,23,25). The molecule has 0 aliphatic carbocycles. The van der Waals surface area contributed by atoms with Gasteiger partial charge in [-0.2, -0.15) is 0 Å². The van der Waals surface area contributed by atoms with Crippen LogP contribution in [0.5, 0.6) is 11.5 Å². The summed E-state index contributed by atoms with van der Waals surface area (Å²) in [4.78, 5) is 12.0. The third kappa shape index (κ3) is 7.03. The highest BCUT2D eigenvalue weighted by Gasteiger charge is 2.09. The van der Waals surface area contributed by atoms with Crippen LogP contribution in [0.25, 0.3) is 0 Å². The van der Waals surface area contributed by atoms with Gasteiger partial charge in [-0.3, -0.25) is 4.79 Å². The number of rotatable bonds is 10. The van der Waals surface area contributed by atoms with Crippen LogP contribution in [0, 0.1) is 5.82 Å². The summed E-state index contributed by atoms with van der Waals surface area (Å²) >= 11 is 2.81. The molecule has 0 fully saturated rings. The van der Waals surface area contributed by atoms with E-state index in [0.717, 1.165) is 21.4 Å². The van der Waals surface area contributed by atoms with Crippen LogP contribution >= 0.6 is 23.1 Å². The Balaban J connectivity index is 1.35. The van der Waals surface area contributed by atoms with Crippen molar-refractivity contribution in [3.8, 4) is 11.5 Å². The van der Waals surface area contributed by atoms with E-state index in [0.29, 0.717) is 30.3 Å². The summed E-state index contributed by atoms with van der Waals surface area (Å²) in [6.07, 6.45) is 0.913. The van der Waals surface area contributed by atoms with Crippen molar-refractivity contribution >= 4 is 34.1 Å². The Morgan fingerprint density at radius 3 is 2.55 bits per heavy atom. The number of halogens is 1. The van der Waals surface area contributed by atoms with Crippen molar-refractivity contribution < 1.29 is 18.7 Å². The summed E-state index contributed by atoms with van der Waals surface area (Å²) in [6.45, 7) is 0.439. The Morgan fingerprint density at radius 2 is 1.83 bits per heavy atom. The zero-order valence-electron chi connectivity index (χ0n) is 15.8. The zero-order chi connectivity index (χ0) is 20.5. The number of nitrogens with one attached hydrogen (secondary N) is 1. The van der Waals surface area contributed by atoms with E-state index in [4.69, 9.17) is 9.47 Å². The fourth-order valence-corrected chi connectivity index (χ4v) is 4.04. The van der Waals surface area contributed by atoms with Crippen molar-refractivity contribution in [1.29, 1.82) is 0 Å². The second-order valence-corrected chi connectivity index (χ2v) is 8.16. The maximum atomic E-state index is 12.9. The van der Waals surface area contributed by atoms with Crippen LogP contribution in [0.4, 0.5) is 9.52 Å². The zero-order valence-corrected chi connectivity index (χ0v) is 17.4. The van der Waals surface area contributed by atoms with Crippen LogP contribution in [0.1, 0.15) is 18.4 Å². The molecule has 0 saturated carbocycles. The van der Waals surface area contributed by atoms with Gasteiger partial charge in [0.1, 0.15) is 17.3 Å². The molecule has 1 heterocycles. The van der Waals surface area contributed by atoms with Crippen molar-refractivity contribution in [3.63, 3.8) is 0 Å². The van der Waals surface area contributed by atoms with Gasteiger partial charge in [-0.1, -0.05) is 35.2 Å². The Kier molecular flexibility index (Phi) is 7.83. The van der Waals surface area contributed by atoms with E-state index in [2.05, 4.69) is 15.5 Å². The summed E-state index contributed by atoms with van der Waals surface area (Å²) < 4.78 is 24.4. The number of carbonyl (C=O) groups is 1. The smallest absolute Gasteiger partial charge is 0.226 e. The highest BCUT2D eigenvalue weighted by molar-refractivity contribution is 8.00. The van der Waals surface area contributed by atoms with Crippen molar-refractivity contribution in [1.82, 2.24) is 10.2 Å². The molecule has 0 spiro atoms. The predicted octanol–water partition coefficient (Wildman–Crippen LogP) is 4.78. The van der Waals surface area contributed by atoms with Crippen LogP contribution in [0.2, 0.25) is 0 Å². The Labute approximate surface area is 176 Å². The van der Waals surface area contributed by atoms with Crippen molar-refractivity contribution in [2.75, 3.05) is 19.0 Å². The molecule has 3 rings (SSSR count). The minimum absolute atomic E-state index is 0.130. The Morgan fingerprint density at radius 1 is 1.10 bits per heavy atom. The normalized spacial score (nSPS) is 10.6. The largest absolute Gasteiger partial charge is 0.497 e. The number of methoxy groups -OCH3 is 1. The molecule has 0 radical (unpaired) electrons. The Bertz CT molecular complexity index is 917. The first-order valence-corrected chi connectivity index (χ1v) is 10.7. The molecule has 152 valence electrons. The van der Waals surface area contributed by atoms with E-state index < -0.39 is 0 Å². The number of anilines is 1. The second kappa shape index (κ2) is 10.8. The lowest BCUT2D eigenvalue weighted by Crippen LogP contribution is -2.12. The molecule has 2 aromatic carbocycles. The van der Waals surface area contributed by atoms with Crippen LogP contribution < -0.4 is 14.8 Å². The SMILES string of the molecule is COc1ccc(OCCCC(=O)Nc2nnc(SCc3ccc(F)cc3)s2)cc1. The monoisotopic (exact) mass is 433 g/mol. The van der Waals surface area contributed by atoms with Crippen molar-refractivity contribution in [2.24, 2.45) is 0 Å². The topological polar surface area (TPSA) is 73.3 Å². The van der Waals surface area contributed by atoms with Crippen LogP contribution in [0.3, 0.4) is 0 Å². The average molecular weight is 434 g/mol. The molecule has 0 unspecified atom stereocenters. The van der Waals surface area contributed by atoms with Gasteiger partial charge in [0, 0.05) is 12.2 Å². The molecule has 0 saturated heterocycles. The van der Waals surface area contributed by atoms with E-state index >= 15 is 0 Å². The maximum Gasteiger partial charge on any atom is 0.226 e. The molecule has 0 bridgehead atoms. The van der Waals surface area contributed by atoms with Gasteiger partial charge < -0.3 is 14.8 Å². The Hall–Kier alpha value is -2.65. The number of aromatic nitrogens is 2. The van der Waals surface area contributed by atoms with Crippen LogP contribution in [0.15, 0.2) is 52.9 Å². The first-order chi connectivity index (χ1) is 14.1. The maximum absolute atomic E-state index is 12.9. The summed E-state index contributed by atoms with van der Waals surface area (Å²) in [5.74, 6) is 1.77. The lowest BCUT2D eigenvalue weighted by atomic mass is 10.2. The van der Waals surface area contributed by atoms with Gasteiger partial charge in [0.05, 0.1) is 13.7 Å². The summed E-state index contributed by atoms with van der Waals surface area (Å²) in [6, 6.07) is 13.6. The summed E-state index contributed by atoms with van der Waals surface area (Å²) in [5, 5.41) is 11.3. The van der Waals surface area contributed by atoms with Gasteiger partial charge in [-0.15, -0.1) is 10.2 Å². The highest BCUT2D eigenvalue weighted by atomic mass is 32.2. The molecule has 1 aromatic heterocycles. The van der Waals surface area contributed by atoms with Gasteiger partial charge >= 0.3 is 0 Å². The van der Waals surface area contributed by atoms with Crippen molar-refractivity contribution in [2.45, 2.75) is 22.9 Å². The highest BCUT2D eigenvalue weighted by Crippen LogP contribution is 2.28. The fraction of sp³-hybridized carbons (Fsp3) is 0.250. The molecule has 3 aromatic rings. The lowest BCUT2D eigenvalue weighted by Gasteiger charge is -2.06. The van der Waals surface area contributed by atoms with Gasteiger partial charge in [0.2, 0.25) is 11.0 Å². The van der Waals surface area contributed by atoms with E-state index in [9.17, 15) is 9.18 Å². The number of benzene rings is 2. The van der Waals surface area contributed by atoms with Gasteiger partial charge in [0.15, 0.2) is 4.34 Å². The van der Waals surface area contributed by atoms with E-state index in [1.807, 2.05) is 24.3 Å². The first-order valence-electron chi connectivity index (χ1n) is 8.90. The number of thioether (sulfide) groups is 1. The third-order valence-corrected chi connectivity index (χ3v) is 5.85. The number of hydrogen-bond acceptors (Lipinski definition) is 7. The molecular weight excluding hydrogens is 413 g/mol. The number of hydrogen-bond donors (Lipinski definition) is 1. The van der Waals surface area contributed by atoms with Crippen LogP contribution in [-0.4, -0.2) is 29.8 Å². The van der Waals surface area contributed by atoms with E-state index in [1.165, 1.54) is 35.2 Å². The quantitative estimate of drug-likeness (QED) is 0.282. The number of ether oxygens (including phenoxy) is 2. The first kappa shape index (κ1) is 21.1. The number of carbonyl (C=O) groups excluding carboxylic acids is 1. The molecule has 0 aliphatic rings. The lowest BCUT2D eigenvalue weighted by molar-refractivity contribution is -0.116. The summed E-state index contributed by atoms with van der Waals surface area (Å²) in [7, 11) is 1.61. The summed E-state index contributed by atoms with van der Waals surface area (Å²) in [5.41, 5.74) is 0.994. The molecule has 1 amide bonds. The second-order valence-electron chi connectivity index (χ2n) is 5.96. The molecule has 0 aliphatic heterocycles. The van der Waals surface area contributed by atoms with Crippen molar-refractivity contribution in [3.05, 3.63) is 59.9 Å².